The van der Waals surface area contributed by atoms with Gasteiger partial charge >= 0.3 is 0 Å². The Morgan fingerprint density at radius 2 is 2.00 bits per heavy atom. The minimum Gasteiger partial charge on any atom is -0.299 e. The molecule has 0 heterocycles. The van der Waals surface area contributed by atoms with Crippen LogP contribution in [-0.4, -0.2) is 29.8 Å². The van der Waals surface area contributed by atoms with Crippen molar-refractivity contribution in [2.75, 3.05) is 24.0 Å². The number of hydrogen-bond acceptors (Lipinski definition) is 3. The predicted molar refractivity (Wildman–Crippen MR) is 55.6 cm³/mol. The van der Waals surface area contributed by atoms with Gasteiger partial charge in [0.15, 0.2) is 0 Å². The van der Waals surface area contributed by atoms with Crippen LogP contribution in [0.3, 0.4) is 0 Å². The van der Waals surface area contributed by atoms with Crippen LogP contribution in [0.4, 0.5) is 0 Å². The van der Waals surface area contributed by atoms with Crippen molar-refractivity contribution in [3.05, 3.63) is 0 Å². The third kappa shape index (κ3) is 5.62. The highest BCUT2D eigenvalue weighted by molar-refractivity contribution is 7.98. The van der Waals surface area contributed by atoms with Crippen LogP contribution in [-0.2, 0) is 4.79 Å². The predicted octanol–water partition coefficient (Wildman–Crippen LogP) is 2.31. The molecule has 0 radical (unpaired) electrons. The lowest BCUT2D eigenvalue weighted by Gasteiger charge is -2.06. The first-order valence-electron chi connectivity index (χ1n) is 3.73. The Hall–Kier alpha value is 0.370. The normalized spacial score (nSPS) is 13.0. The van der Waals surface area contributed by atoms with Crippen LogP contribution >= 0.6 is 23.5 Å². The summed E-state index contributed by atoms with van der Waals surface area (Å²) in [5, 5.41) is 0. The molecule has 1 unspecified atom stereocenters. The Kier molecular flexibility index (Phi) is 7.28. The van der Waals surface area contributed by atoms with Gasteiger partial charge in [0.1, 0.15) is 5.78 Å². The number of Topliss-reactive ketones (excluding diaryl/α,β-unsaturated/α-hetero) is 1. The van der Waals surface area contributed by atoms with E-state index < -0.39 is 0 Å². The average molecular weight is 192 g/mol. The Balaban J connectivity index is 3.47. The smallest absolute Gasteiger partial charge is 0.137 e. The summed E-state index contributed by atoms with van der Waals surface area (Å²) in [6.45, 7) is 2.01. The van der Waals surface area contributed by atoms with Crippen molar-refractivity contribution >= 4 is 29.3 Å². The maximum Gasteiger partial charge on any atom is 0.137 e. The van der Waals surface area contributed by atoms with Gasteiger partial charge in [0.2, 0.25) is 0 Å². The number of thioether (sulfide) groups is 2. The first-order valence-corrected chi connectivity index (χ1v) is 6.51. The van der Waals surface area contributed by atoms with Gasteiger partial charge < -0.3 is 0 Å². The molecule has 0 aromatic rings. The van der Waals surface area contributed by atoms with E-state index in [1.54, 1.807) is 23.5 Å². The highest BCUT2D eigenvalue weighted by Gasteiger charge is 2.10. The van der Waals surface area contributed by atoms with Crippen molar-refractivity contribution in [1.82, 2.24) is 0 Å². The van der Waals surface area contributed by atoms with Crippen LogP contribution in [0.5, 0.6) is 0 Å². The lowest BCUT2D eigenvalue weighted by Crippen LogP contribution is -2.13. The first-order chi connectivity index (χ1) is 5.22. The molecule has 0 fully saturated rings. The quantitative estimate of drug-likeness (QED) is 0.643. The minimum absolute atomic E-state index is 0.247. The van der Waals surface area contributed by atoms with Crippen LogP contribution in [0.1, 0.15) is 13.3 Å². The molecule has 11 heavy (non-hydrogen) atoms. The van der Waals surface area contributed by atoms with Crippen LogP contribution in [0.15, 0.2) is 0 Å². The molecular formula is C8H16OS2. The van der Waals surface area contributed by atoms with Gasteiger partial charge in [0, 0.05) is 18.1 Å². The third-order valence-corrected chi connectivity index (χ3v) is 2.96. The summed E-state index contributed by atoms with van der Waals surface area (Å²) in [5.41, 5.74) is 0. The zero-order valence-electron chi connectivity index (χ0n) is 7.42. The number of carbonyl (C=O) groups is 1. The van der Waals surface area contributed by atoms with E-state index in [1.165, 1.54) is 0 Å². The SMILES string of the molecule is CSCCC(=O)C(C)CSC. The van der Waals surface area contributed by atoms with Crippen molar-refractivity contribution in [1.29, 1.82) is 0 Å². The molecule has 0 aliphatic carbocycles. The number of rotatable bonds is 6. The molecule has 0 aliphatic heterocycles. The molecule has 1 nitrogen and oxygen atoms in total. The molecule has 0 rings (SSSR count). The van der Waals surface area contributed by atoms with Gasteiger partial charge in [0.25, 0.3) is 0 Å². The Morgan fingerprint density at radius 1 is 1.36 bits per heavy atom. The second-order valence-electron chi connectivity index (χ2n) is 2.57. The monoisotopic (exact) mass is 192 g/mol. The van der Waals surface area contributed by atoms with E-state index in [9.17, 15) is 4.79 Å². The number of carbonyl (C=O) groups excluding carboxylic acids is 1. The van der Waals surface area contributed by atoms with Crippen molar-refractivity contribution in [3.8, 4) is 0 Å². The van der Waals surface area contributed by atoms with E-state index in [-0.39, 0.29) is 5.92 Å². The van der Waals surface area contributed by atoms with E-state index >= 15 is 0 Å². The van der Waals surface area contributed by atoms with Gasteiger partial charge in [-0.25, -0.2) is 0 Å². The summed E-state index contributed by atoms with van der Waals surface area (Å²) in [5.74, 6) is 2.59. The third-order valence-electron chi connectivity index (χ3n) is 1.52. The highest BCUT2D eigenvalue weighted by Crippen LogP contribution is 2.09. The van der Waals surface area contributed by atoms with E-state index in [1.807, 2.05) is 19.4 Å². The first kappa shape index (κ1) is 11.4. The zero-order valence-corrected chi connectivity index (χ0v) is 9.06. The molecule has 0 saturated heterocycles. The fourth-order valence-electron chi connectivity index (χ4n) is 0.792. The van der Waals surface area contributed by atoms with Crippen LogP contribution in [0.25, 0.3) is 0 Å². The van der Waals surface area contributed by atoms with Gasteiger partial charge in [-0.2, -0.15) is 23.5 Å². The molecule has 0 spiro atoms. The van der Waals surface area contributed by atoms with Crippen molar-refractivity contribution < 1.29 is 4.79 Å². The second-order valence-corrected chi connectivity index (χ2v) is 4.46. The maximum absolute atomic E-state index is 11.3. The largest absolute Gasteiger partial charge is 0.299 e. The maximum atomic E-state index is 11.3. The zero-order chi connectivity index (χ0) is 8.69. The van der Waals surface area contributed by atoms with E-state index in [4.69, 9.17) is 0 Å². The van der Waals surface area contributed by atoms with E-state index in [2.05, 4.69) is 0 Å². The fourth-order valence-corrected chi connectivity index (χ4v) is 1.88. The Morgan fingerprint density at radius 3 is 2.45 bits per heavy atom. The summed E-state index contributed by atoms with van der Waals surface area (Å²) in [7, 11) is 0. The summed E-state index contributed by atoms with van der Waals surface area (Å²) >= 11 is 3.48. The minimum atomic E-state index is 0.247. The van der Waals surface area contributed by atoms with Gasteiger partial charge in [-0.15, -0.1) is 0 Å². The van der Waals surface area contributed by atoms with Crippen molar-refractivity contribution in [3.63, 3.8) is 0 Å². The molecule has 0 saturated carbocycles. The highest BCUT2D eigenvalue weighted by atomic mass is 32.2. The molecule has 0 bridgehead atoms. The van der Waals surface area contributed by atoms with Crippen LogP contribution in [0.2, 0.25) is 0 Å². The summed E-state index contributed by atoms with van der Waals surface area (Å²) in [4.78, 5) is 11.3. The molecule has 0 aliphatic rings. The topological polar surface area (TPSA) is 17.1 Å². The van der Waals surface area contributed by atoms with Crippen LogP contribution < -0.4 is 0 Å². The van der Waals surface area contributed by atoms with Gasteiger partial charge in [-0.05, 0) is 18.3 Å². The molecule has 0 N–H and O–H groups in total. The number of hydrogen-bond donors (Lipinski definition) is 0. The van der Waals surface area contributed by atoms with Crippen molar-refractivity contribution in [2.24, 2.45) is 5.92 Å². The lowest BCUT2D eigenvalue weighted by atomic mass is 10.1. The summed E-state index contributed by atoms with van der Waals surface area (Å²) in [6.07, 6.45) is 4.81. The standard InChI is InChI=1S/C8H16OS2/c1-7(6-11-3)8(9)4-5-10-2/h7H,4-6H2,1-3H3. The Bertz CT molecular complexity index is 115. The Labute approximate surface area is 77.7 Å². The molecule has 0 amide bonds. The fraction of sp³-hybridized carbons (Fsp3) is 0.875. The molecule has 1 atom stereocenters. The van der Waals surface area contributed by atoms with Gasteiger partial charge in [-0.1, -0.05) is 6.92 Å². The molecular weight excluding hydrogens is 176 g/mol. The van der Waals surface area contributed by atoms with E-state index in [0.29, 0.717) is 5.78 Å². The average Bonchev–Trinajstić information content (AvgIpc) is 2.00. The second kappa shape index (κ2) is 7.04. The molecule has 0 aromatic carbocycles. The molecule has 3 heteroatoms. The van der Waals surface area contributed by atoms with Gasteiger partial charge in [-0.3, -0.25) is 4.79 Å². The summed E-state index contributed by atoms with van der Waals surface area (Å²) in [6, 6.07) is 0. The molecule has 0 aromatic heterocycles. The summed E-state index contributed by atoms with van der Waals surface area (Å²) < 4.78 is 0. The van der Waals surface area contributed by atoms with Gasteiger partial charge in [0.05, 0.1) is 0 Å². The molecule has 66 valence electrons. The van der Waals surface area contributed by atoms with Crippen LogP contribution in [0, 0.1) is 5.92 Å². The van der Waals surface area contributed by atoms with E-state index in [0.717, 1.165) is 17.9 Å². The van der Waals surface area contributed by atoms with Crippen molar-refractivity contribution in [2.45, 2.75) is 13.3 Å². The lowest BCUT2D eigenvalue weighted by molar-refractivity contribution is -0.121. The number of ketones is 1.